The van der Waals surface area contributed by atoms with Crippen LogP contribution in [0.3, 0.4) is 0 Å². The van der Waals surface area contributed by atoms with Crippen LogP contribution in [0.1, 0.15) is 6.42 Å². The summed E-state index contributed by atoms with van der Waals surface area (Å²) in [4.78, 5) is 23.6. The Hall–Kier alpha value is -0.620. The smallest absolute Gasteiger partial charge is 0.328 e. The number of likely N-dealkylation sites (tertiary alicyclic amines) is 1. The van der Waals surface area contributed by atoms with Crippen molar-refractivity contribution in [1.29, 1.82) is 0 Å². The van der Waals surface area contributed by atoms with Crippen molar-refractivity contribution in [3.63, 3.8) is 0 Å². The van der Waals surface area contributed by atoms with Gasteiger partial charge in [-0.15, -0.1) is 0 Å². The second-order valence-electron chi connectivity index (χ2n) is 3.16. The topological polar surface area (TPSA) is 66.8 Å². The number of alkyl halides is 1. The first kappa shape index (κ1) is 11.5. The number of aliphatic carboxylic acids is 1. The number of carbonyl (C=O) groups is 2. The molecule has 1 aliphatic heterocycles. The number of hydrogen-bond acceptors (Lipinski definition) is 3. The Morgan fingerprint density at radius 3 is 2.86 bits per heavy atom. The van der Waals surface area contributed by atoms with E-state index in [-0.39, 0.29) is 17.3 Å². The summed E-state index contributed by atoms with van der Waals surface area (Å²) >= 11 is 3.29. The van der Waals surface area contributed by atoms with Gasteiger partial charge < -0.3 is 14.7 Å². The van der Waals surface area contributed by atoms with E-state index in [1.807, 2.05) is 0 Å². The van der Waals surface area contributed by atoms with Gasteiger partial charge in [-0.2, -0.15) is 0 Å². The zero-order chi connectivity index (χ0) is 10.7. The fourth-order valence-electron chi connectivity index (χ4n) is 1.44. The largest absolute Gasteiger partial charge is 0.480 e. The normalized spacial score (nSPS) is 24.0. The van der Waals surface area contributed by atoms with Crippen LogP contribution in [0.2, 0.25) is 0 Å². The van der Waals surface area contributed by atoms with Crippen molar-refractivity contribution in [3.05, 3.63) is 0 Å². The molecule has 6 heteroatoms. The lowest BCUT2D eigenvalue weighted by molar-refractivity contribution is -0.150. The highest BCUT2D eigenvalue weighted by molar-refractivity contribution is 9.09. The summed E-state index contributed by atoms with van der Waals surface area (Å²) in [6, 6.07) is -0.866. The fourth-order valence-corrected chi connectivity index (χ4v) is 2.03. The highest BCUT2D eigenvalue weighted by Gasteiger charge is 2.36. The van der Waals surface area contributed by atoms with E-state index in [1.54, 1.807) is 0 Å². The van der Waals surface area contributed by atoms with E-state index in [0.29, 0.717) is 13.0 Å². The monoisotopic (exact) mass is 265 g/mol. The Morgan fingerprint density at radius 2 is 2.50 bits per heavy atom. The maximum Gasteiger partial charge on any atom is 0.328 e. The first-order valence-electron chi connectivity index (χ1n) is 4.21. The van der Waals surface area contributed by atoms with Crippen LogP contribution in [0, 0.1) is 0 Å². The average Bonchev–Trinajstić information content (AvgIpc) is 2.40. The van der Waals surface area contributed by atoms with Crippen molar-refractivity contribution in [2.24, 2.45) is 0 Å². The maximum absolute atomic E-state index is 11.4. The van der Waals surface area contributed by atoms with E-state index in [0.717, 1.165) is 0 Å². The summed E-state index contributed by atoms with van der Waals surface area (Å²) in [5.74, 6) is -1.17. The standard InChI is InChI=1S/C8H12BrNO4/c1-14-4-6(8(12)13)10-3-5(9)2-7(10)11/h5-6H,2-4H2,1H3,(H,12,13)/t5?,6-/m0/s1. The van der Waals surface area contributed by atoms with Gasteiger partial charge in [0.1, 0.15) is 0 Å². The van der Waals surface area contributed by atoms with Crippen LogP contribution in [-0.2, 0) is 14.3 Å². The Balaban J connectivity index is 2.68. The molecular weight excluding hydrogens is 254 g/mol. The van der Waals surface area contributed by atoms with Crippen LogP contribution in [0.4, 0.5) is 0 Å². The fraction of sp³-hybridized carbons (Fsp3) is 0.750. The molecule has 1 rings (SSSR count). The number of nitrogens with zero attached hydrogens (tertiary/aromatic N) is 1. The molecule has 0 aromatic heterocycles. The number of hydrogen-bond donors (Lipinski definition) is 1. The molecule has 2 atom stereocenters. The summed E-state index contributed by atoms with van der Waals surface area (Å²) < 4.78 is 4.77. The van der Waals surface area contributed by atoms with Crippen molar-refractivity contribution in [1.82, 2.24) is 4.90 Å². The van der Waals surface area contributed by atoms with Crippen molar-refractivity contribution >= 4 is 27.8 Å². The molecule has 0 aromatic carbocycles. The first-order chi connectivity index (χ1) is 6.56. The van der Waals surface area contributed by atoms with Crippen LogP contribution < -0.4 is 0 Å². The average molecular weight is 266 g/mol. The van der Waals surface area contributed by atoms with Crippen molar-refractivity contribution in [2.45, 2.75) is 17.3 Å². The Morgan fingerprint density at radius 1 is 1.86 bits per heavy atom. The number of carboxylic acids is 1. The van der Waals surface area contributed by atoms with E-state index in [2.05, 4.69) is 15.9 Å². The predicted molar refractivity (Wildman–Crippen MR) is 52.3 cm³/mol. The molecule has 0 bridgehead atoms. The molecule has 1 N–H and O–H groups in total. The summed E-state index contributed by atoms with van der Waals surface area (Å²) in [7, 11) is 1.42. The highest BCUT2D eigenvalue weighted by Crippen LogP contribution is 2.20. The minimum absolute atomic E-state index is 0.0286. The van der Waals surface area contributed by atoms with Crippen LogP contribution in [-0.4, -0.2) is 53.0 Å². The van der Waals surface area contributed by atoms with Gasteiger partial charge in [0.25, 0.3) is 0 Å². The number of methoxy groups -OCH3 is 1. The summed E-state index contributed by atoms with van der Waals surface area (Å²) in [5.41, 5.74) is 0. The lowest BCUT2D eigenvalue weighted by Crippen LogP contribution is -2.45. The Labute approximate surface area is 90.1 Å². The minimum Gasteiger partial charge on any atom is -0.480 e. The van der Waals surface area contributed by atoms with Crippen molar-refractivity contribution in [3.8, 4) is 0 Å². The van der Waals surface area contributed by atoms with Crippen LogP contribution in [0.15, 0.2) is 0 Å². The van der Waals surface area contributed by atoms with E-state index in [4.69, 9.17) is 9.84 Å². The number of amides is 1. The molecular formula is C8H12BrNO4. The van der Waals surface area contributed by atoms with Gasteiger partial charge in [-0.1, -0.05) is 15.9 Å². The van der Waals surface area contributed by atoms with Gasteiger partial charge in [0.15, 0.2) is 6.04 Å². The molecule has 1 saturated heterocycles. The van der Waals surface area contributed by atoms with Crippen LogP contribution in [0.25, 0.3) is 0 Å². The molecule has 1 heterocycles. The quantitative estimate of drug-likeness (QED) is 0.732. The lowest BCUT2D eigenvalue weighted by atomic mass is 10.3. The molecule has 1 unspecified atom stereocenters. The Bertz CT molecular complexity index is 245. The molecule has 80 valence electrons. The van der Waals surface area contributed by atoms with E-state index in [1.165, 1.54) is 12.0 Å². The number of halogens is 1. The van der Waals surface area contributed by atoms with Crippen LogP contribution >= 0.6 is 15.9 Å². The number of ether oxygens (including phenoxy) is 1. The molecule has 1 aliphatic rings. The van der Waals surface area contributed by atoms with Gasteiger partial charge in [0.2, 0.25) is 5.91 Å². The third-order valence-corrected chi connectivity index (χ3v) is 2.71. The molecule has 1 amide bonds. The van der Waals surface area contributed by atoms with Crippen LogP contribution in [0.5, 0.6) is 0 Å². The van der Waals surface area contributed by atoms with Gasteiger partial charge in [-0.05, 0) is 0 Å². The van der Waals surface area contributed by atoms with Crippen molar-refractivity contribution < 1.29 is 19.4 Å². The lowest BCUT2D eigenvalue weighted by Gasteiger charge is -2.23. The zero-order valence-electron chi connectivity index (χ0n) is 7.77. The molecule has 0 aromatic rings. The molecule has 0 spiro atoms. The summed E-state index contributed by atoms with van der Waals surface area (Å²) in [5, 5.41) is 8.88. The van der Waals surface area contributed by atoms with E-state index >= 15 is 0 Å². The van der Waals surface area contributed by atoms with E-state index in [9.17, 15) is 9.59 Å². The third kappa shape index (κ3) is 2.45. The third-order valence-electron chi connectivity index (χ3n) is 2.10. The molecule has 14 heavy (non-hydrogen) atoms. The second-order valence-corrected chi connectivity index (χ2v) is 4.45. The first-order valence-corrected chi connectivity index (χ1v) is 5.13. The molecule has 0 saturated carbocycles. The number of carboxylic acid groups (broad SMARTS) is 1. The Kier molecular flexibility index (Phi) is 3.88. The number of carbonyl (C=O) groups excluding carboxylic acids is 1. The van der Waals surface area contributed by atoms with E-state index < -0.39 is 12.0 Å². The van der Waals surface area contributed by atoms with Gasteiger partial charge in [-0.3, -0.25) is 4.79 Å². The van der Waals surface area contributed by atoms with Crippen molar-refractivity contribution in [2.75, 3.05) is 20.3 Å². The minimum atomic E-state index is -1.03. The highest BCUT2D eigenvalue weighted by atomic mass is 79.9. The maximum atomic E-state index is 11.4. The summed E-state index contributed by atoms with van der Waals surface area (Å²) in [6.45, 7) is 0.458. The molecule has 1 fully saturated rings. The molecule has 0 radical (unpaired) electrons. The second kappa shape index (κ2) is 4.75. The van der Waals surface area contributed by atoms with Gasteiger partial charge in [0.05, 0.1) is 6.61 Å². The summed E-state index contributed by atoms with van der Waals surface area (Å²) in [6.07, 6.45) is 0.355. The van der Waals surface area contributed by atoms with Gasteiger partial charge in [0, 0.05) is 24.9 Å². The SMILES string of the molecule is COC[C@@H](C(=O)O)N1CC(Br)CC1=O. The molecule has 5 nitrogen and oxygen atoms in total. The predicted octanol–water partition coefficient (Wildman–Crippen LogP) is 0.0818. The molecule has 0 aliphatic carbocycles. The van der Waals surface area contributed by atoms with Gasteiger partial charge in [-0.25, -0.2) is 4.79 Å². The number of rotatable bonds is 4. The van der Waals surface area contributed by atoms with Gasteiger partial charge >= 0.3 is 5.97 Å². The zero-order valence-corrected chi connectivity index (χ0v) is 9.36.